The first-order chi connectivity index (χ1) is 15.3. The van der Waals surface area contributed by atoms with E-state index in [2.05, 4.69) is 36.6 Å². The lowest BCUT2D eigenvalue weighted by Gasteiger charge is -2.31. The van der Waals surface area contributed by atoms with Crippen molar-refractivity contribution in [3.8, 4) is 0 Å². The Balaban J connectivity index is 1.74. The highest BCUT2D eigenvalue weighted by atomic mass is 19.1. The second kappa shape index (κ2) is 11.0. The van der Waals surface area contributed by atoms with Crippen LogP contribution in [-0.4, -0.2) is 29.7 Å². The van der Waals surface area contributed by atoms with Gasteiger partial charge in [0, 0.05) is 25.6 Å². The van der Waals surface area contributed by atoms with E-state index in [9.17, 15) is 18.7 Å². The average Bonchev–Trinajstić information content (AvgIpc) is 2.75. The number of fused-ring (bicyclic) bond motifs is 1. The number of nitrogens with one attached hydrogen (secondary N) is 2. The molecule has 174 valence electrons. The first kappa shape index (κ1) is 24.3. The Morgan fingerprint density at radius 1 is 1.09 bits per heavy atom. The van der Waals surface area contributed by atoms with Crippen molar-refractivity contribution < 1.29 is 18.7 Å². The number of hydrogen-bond donors (Lipinski definition) is 3. The highest BCUT2D eigenvalue weighted by Gasteiger charge is 2.26. The summed E-state index contributed by atoms with van der Waals surface area (Å²) < 4.78 is 27.2. The molecule has 0 saturated carbocycles. The van der Waals surface area contributed by atoms with E-state index in [0.717, 1.165) is 38.2 Å². The molecule has 1 aliphatic carbocycles. The zero-order valence-electron chi connectivity index (χ0n) is 19.2. The minimum Gasteiger partial charge on any atom is -0.390 e. The maximum atomic E-state index is 13.6. The number of rotatable bonds is 9. The molecule has 0 aromatic heterocycles. The maximum Gasteiger partial charge on any atom is 0.217 e. The first-order valence-electron chi connectivity index (χ1n) is 11.6. The van der Waals surface area contributed by atoms with E-state index in [1.54, 1.807) is 0 Å². The van der Waals surface area contributed by atoms with Crippen LogP contribution in [-0.2, 0) is 30.5 Å². The van der Waals surface area contributed by atoms with E-state index in [1.165, 1.54) is 41.3 Å². The van der Waals surface area contributed by atoms with Gasteiger partial charge in [0.05, 0.1) is 12.1 Å². The van der Waals surface area contributed by atoms with Gasteiger partial charge in [0.15, 0.2) is 0 Å². The number of amides is 1. The van der Waals surface area contributed by atoms with Gasteiger partial charge in [0.25, 0.3) is 0 Å². The molecule has 1 amide bonds. The van der Waals surface area contributed by atoms with Crippen molar-refractivity contribution in [1.29, 1.82) is 0 Å². The van der Waals surface area contributed by atoms with Crippen molar-refractivity contribution >= 4 is 5.91 Å². The van der Waals surface area contributed by atoms with Crippen molar-refractivity contribution in [2.45, 2.75) is 77.5 Å². The van der Waals surface area contributed by atoms with Crippen LogP contribution < -0.4 is 10.6 Å². The summed E-state index contributed by atoms with van der Waals surface area (Å²) >= 11 is 0. The molecule has 0 unspecified atom stereocenters. The summed E-state index contributed by atoms with van der Waals surface area (Å²) in [7, 11) is 0. The van der Waals surface area contributed by atoms with E-state index in [-0.39, 0.29) is 24.9 Å². The van der Waals surface area contributed by atoms with Crippen molar-refractivity contribution in [2.75, 3.05) is 6.54 Å². The molecule has 0 fully saturated rings. The molecule has 4 nitrogen and oxygen atoms in total. The molecule has 3 rings (SSSR count). The van der Waals surface area contributed by atoms with Gasteiger partial charge in [-0.1, -0.05) is 26.0 Å². The van der Waals surface area contributed by atoms with Crippen LogP contribution in [0.25, 0.3) is 0 Å². The minimum absolute atomic E-state index is 0.134. The number of hydrogen-bond acceptors (Lipinski definition) is 3. The van der Waals surface area contributed by atoms with Crippen molar-refractivity contribution in [3.05, 3.63) is 69.8 Å². The zero-order valence-corrected chi connectivity index (χ0v) is 19.2. The fourth-order valence-corrected chi connectivity index (χ4v) is 4.74. The summed E-state index contributed by atoms with van der Waals surface area (Å²) in [4.78, 5) is 11.7. The Hall–Kier alpha value is -2.31. The van der Waals surface area contributed by atoms with Gasteiger partial charge in [0.1, 0.15) is 11.6 Å². The summed E-state index contributed by atoms with van der Waals surface area (Å²) in [5, 5.41) is 17.1. The van der Waals surface area contributed by atoms with Crippen LogP contribution in [0.15, 0.2) is 30.3 Å². The number of aryl methyl sites for hydroxylation is 2. The van der Waals surface area contributed by atoms with Gasteiger partial charge in [-0.3, -0.25) is 4.79 Å². The highest BCUT2D eigenvalue weighted by Crippen LogP contribution is 2.33. The molecular weight excluding hydrogens is 410 g/mol. The predicted molar refractivity (Wildman–Crippen MR) is 123 cm³/mol. The topological polar surface area (TPSA) is 61.4 Å². The fraction of sp³-hybridized carbons (Fsp3) is 0.500. The smallest absolute Gasteiger partial charge is 0.217 e. The van der Waals surface area contributed by atoms with Crippen LogP contribution in [0, 0.1) is 11.6 Å². The van der Waals surface area contributed by atoms with Gasteiger partial charge < -0.3 is 15.7 Å². The zero-order chi connectivity index (χ0) is 23.3. The monoisotopic (exact) mass is 444 g/mol. The molecule has 2 aromatic carbocycles. The summed E-state index contributed by atoms with van der Waals surface area (Å²) in [6.45, 7) is 5.98. The lowest BCUT2D eigenvalue weighted by Crippen LogP contribution is -2.48. The summed E-state index contributed by atoms with van der Waals surface area (Å²) in [6.07, 6.45) is 4.34. The molecular formula is C26H34F2N2O2. The van der Waals surface area contributed by atoms with E-state index in [1.807, 2.05) is 0 Å². The molecule has 0 saturated heterocycles. The summed E-state index contributed by atoms with van der Waals surface area (Å²) in [6, 6.07) is 7.33. The van der Waals surface area contributed by atoms with E-state index < -0.39 is 23.8 Å². The van der Waals surface area contributed by atoms with Crippen LogP contribution in [0.1, 0.15) is 67.5 Å². The quantitative estimate of drug-likeness (QED) is 0.544. The van der Waals surface area contributed by atoms with Crippen LogP contribution in [0.3, 0.4) is 0 Å². The fourth-order valence-electron chi connectivity index (χ4n) is 4.74. The first-order valence-corrected chi connectivity index (χ1v) is 11.6. The third kappa shape index (κ3) is 6.14. The number of carbonyl (C=O) groups is 1. The van der Waals surface area contributed by atoms with Crippen LogP contribution in [0.2, 0.25) is 0 Å². The van der Waals surface area contributed by atoms with Gasteiger partial charge in [-0.2, -0.15) is 0 Å². The molecule has 32 heavy (non-hydrogen) atoms. The molecule has 3 atom stereocenters. The number of aliphatic hydroxyl groups is 1. The molecule has 0 aliphatic heterocycles. The molecule has 2 aromatic rings. The largest absolute Gasteiger partial charge is 0.390 e. The van der Waals surface area contributed by atoms with Crippen molar-refractivity contribution in [2.24, 2.45) is 0 Å². The lowest BCUT2D eigenvalue weighted by atomic mass is 9.82. The Morgan fingerprint density at radius 3 is 2.44 bits per heavy atom. The standard InChI is InChI=1S/C26H34F2N2O2/c1-4-17-9-19(5-2)22-7-6-8-24(23(22)12-17)29-15-26(32)25(30-16(3)31)13-18-10-20(27)14-21(28)11-18/h9-12,14,24-26,29,32H,4-8,13,15H2,1-3H3,(H,30,31)/t24-,25-,26+/m0/s1. The molecule has 1 aliphatic rings. The third-order valence-electron chi connectivity index (χ3n) is 6.33. The third-order valence-corrected chi connectivity index (χ3v) is 6.33. The Morgan fingerprint density at radius 2 is 1.81 bits per heavy atom. The number of halogens is 2. The minimum atomic E-state index is -0.907. The number of carbonyl (C=O) groups excluding carboxylic acids is 1. The molecule has 0 spiro atoms. The molecule has 3 N–H and O–H groups in total. The second-order valence-corrected chi connectivity index (χ2v) is 8.74. The Kier molecular flexibility index (Phi) is 8.38. The van der Waals surface area contributed by atoms with Gasteiger partial charge in [-0.15, -0.1) is 0 Å². The van der Waals surface area contributed by atoms with Gasteiger partial charge in [-0.25, -0.2) is 8.78 Å². The van der Waals surface area contributed by atoms with Crippen LogP contribution in [0.4, 0.5) is 8.78 Å². The van der Waals surface area contributed by atoms with Gasteiger partial charge in [0.2, 0.25) is 5.91 Å². The van der Waals surface area contributed by atoms with Crippen LogP contribution in [0.5, 0.6) is 0 Å². The van der Waals surface area contributed by atoms with Crippen molar-refractivity contribution in [1.82, 2.24) is 10.6 Å². The Labute approximate surface area is 189 Å². The van der Waals surface area contributed by atoms with Gasteiger partial charge in [-0.05, 0) is 78.5 Å². The average molecular weight is 445 g/mol. The molecule has 6 heteroatoms. The maximum absolute atomic E-state index is 13.6. The van der Waals surface area contributed by atoms with E-state index in [0.29, 0.717) is 5.56 Å². The van der Waals surface area contributed by atoms with E-state index >= 15 is 0 Å². The molecule has 0 heterocycles. The van der Waals surface area contributed by atoms with Crippen LogP contribution >= 0.6 is 0 Å². The summed E-state index contributed by atoms with van der Waals surface area (Å²) in [5.41, 5.74) is 5.83. The molecule has 0 radical (unpaired) electrons. The SMILES string of the molecule is CCc1cc(CC)c2c(c1)[C@@H](NC[C@@H](O)[C@H](Cc1cc(F)cc(F)c1)NC(C)=O)CCC2. The predicted octanol–water partition coefficient (Wildman–Crippen LogP) is 4.16. The van der Waals surface area contributed by atoms with Crippen molar-refractivity contribution in [3.63, 3.8) is 0 Å². The summed E-state index contributed by atoms with van der Waals surface area (Å²) in [5.74, 6) is -1.65. The van der Waals surface area contributed by atoms with E-state index in [4.69, 9.17) is 0 Å². The number of benzene rings is 2. The molecule has 0 bridgehead atoms. The lowest BCUT2D eigenvalue weighted by molar-refractivity contribution is -0.120. The number of aliphatic hydroxyl groups excluding tert-OH is 1. The Bertz CT molecular complexity index is 927. The van der Waals surface area contributed by atoms with Gasteiger partial charge >= 0.3 is 0 Å². The second-order valence-electron chi connectivity index (χ2n) is 8.74. The normalized spacial score (nSPS) is 17.5. The highest BCUT2D eigenvalue weighted by molar-refractivity contribution is 5.73.